The fourth-order valence-electron chi connectivity index (χ4n) is 3.41. The maximum absolute atomic E-state index is 12.8. The summed E-state index contributed by atoms with van der Waals surface area (Å²) < 4.78 is 27.6. The Morgan fingerprint density at radius 2 is 1.48 bits per heavy atom. The van der Waals surface area contributed by atoms with Crippen LogP contribution in [0.2, 0.25) is 0 Å². The van der Waals surface area contributed by atoms with E-state index < -0.39 is 48.6 Å². The van der Waals surface area contributed by atoms with E-state index in [9.17, 15) is 19.5 Å². The lowest BCUT2D eigenvalue weighted by molar-refractivity contribution is -0.298. The number of hydrogen-bond donors (Lipinski definition) is 1. The minimum Gasteiger partial charge on any atom is -0.463 e. The molecule has 0 aliphatic carbocycles. The van der Waals surface area contributed by atoms with Crippen molar-refractivity contribution in [1.29, 1.82) is 0 Å². The lowest BCUT2D eigenvalue weighted by Gasteiger charge is -2.43. The molecule has 2 aromatic carbocycles. The predicted molar refractivity (Wildman–Crippen MR) is 114 cm³/mol. The molecule has 33 heavy (non-hydrogen) atoms. The van der Waals surface area contributed by atoms with Gasteiger partial charge in [-0.2, -0.15) is 0 Å². The molecule has 0 aromatic heterocycles. The van der Waals surface area contributed by atoms with E-state index in [4.69, 9.17) is 23.7 Å². The highest BCUT2D eigenvalue weighted by atomic mass is 16.7. The first-order valence-electron chi connectivity index (χ1n) is 10.4. The highest BCUT2D eigenvalue weighted by molar-refractivity contribution is 5.89. The molecule has 1 fully saturated rings. The van der Waals surface area contributed by atoms with Gasteiger partial charge in [0.05, 0.1) is 12.2 Å². The van der Waals surface area contributed by atoms with E-state index in [-0.39, 0.29) is 18.8 Å². The molecule has 1 saturated heterocycles. The van der Waals surface area contributed by atoms with E-state index in [0.29, 0.717) is 0 Å². The van der Waals surface area contributed by atoms with Crippen LogP contribution in [0.15, 0.2) is 60.7 Å². The van der Waals surface area contributed by atoms with Crippen molar-refractivity contribution in [3.8, 4) is 0 Å². The lowest BCUT2D eigenvalue weighted by atomic mass is 9.98. The fraction of sp³-hybridized carbons (Fsp3) is 0.375. The predicted octanol–water partition coefficient (Wildman–Crippen LogP) is 2.01. The SMILES string of the molecule is CC(=O)OC[C@H]1O[C@H](O)[C@H](OC(C)=O)[C@@H](OC(=O)c2ccccc2)[C@@H]1OCc1ccccc1. The molecule has 0 bridgehead atoms. The highest BCUT2D eigenvalue weighted by Crippen LogP contribution is 2.29. The fourth-order valence-corrected chi connectivity index (χ4v) is 3.41. The Bertz CT molecular complexity index is 931. The van der Waals surface area contributed by atoms with Gasteiger partial charge < -0.3 is 28.8 Å². The summed E-state index contributed by atoms with van der Waals surface area (Å²) in [6.45, 7) is 2.23. The van der Waals surface area contributed by atoms with E-state index in [2.05, 4.69) is 0 Å². The average Bonchev–Trinajstić information content (AvgIpc) is 2.80. The highest BCUT2D eigenvalue weighted by Gasteiger charge is 2.51. The van der Waals surface area contributed by atoms with Crippen LogP contribution >= 0.6 is 0 Å². The van der Waals surface area contributed by atoms with Crippen LogP contribution in [0.5, 0.6) is 0 Å². The third-order valence-electron chi connectivity index (χ3n) is 4.90. The van der Waals surface area contributed by atoms with Gasteiger partial charge in [-0.3, -0.25) is 9.59 Å². The summed E-state index contributed by atoms with van der Waals surface area (Å²) in [6.07, 6.45) is -6.25. The molecular formula is C24H26O9. The number of aliphatic hydroxyl groups excluding tert-OH is 1. The maximum atomic E-state index is 12.8. The summed E-state index contributed by atoms with van der Waals surface area (Å²) in [7, 11) is 0. The van der Waals surface area contributed by atoms with Gasteiger partial charge in [0.25, 0.3) is 0 Å². The van der Waals surface area contributed by atoms with Crippen LogP contribution in [0.25, 0.3) is 0 Å². The Morgan fingerprint density at radius 1 is 0.848 bits per heavy atom. The van der Waals surface area contributed by atoms with Gasteiger partial charge >= 0.3 is 17.9 Å². The molecule has 3 rings (SSSR count). The number of carbonyl (C=O) groups is 3. The second-order valence-corrected chi connectivity index (χ2v) is 7.44. The molecule has 5 atom stereocenters. The summed E-state index contributed by atoms with van der Waals surface area (Å²) in [4.78, 5) is 35.9. The summed E-state index contributed by atoms with van der Waals surface area (Å²) in [5, 5.41) is 10.5. The number of rotatable bonds is 8. The molecule has 2 aromatic rings. The average molecular weight is 458 g/mol. The second kappa shape index (κ2) is 11.6. The van der Waals surface area contributed by atoms with Gasteiger partial charge in [0, 0.05) is 13.8 Å². The van der Waals surface area contributed by atoms with Crippen molar-refractivity contribution < 1.29 is 43.2 Å². The molecule has 1 N–H and O–H groups in total. The van der Waals surface area contributed by atoms with Crippen molar-refractivity contribution in [2.45, 2.75) is 51.2 Å². The standard InChI is InChI=1S/C24H26O9/c1-15(25)29-14-19-20(30-13-17-9-5-3-6-10-17)21(22(24(28)32-19)31-16(2)26)33-23(27)18-11-7-4-8-12-18/h3-12,19-22,24,28H,13-14H2,1-2H3/t19-,20-,21+,22-,24+/m1/s1. The Hall–Kier alpha value is -3.27. The zero-order valence-electron chi connectivity index (χ0n) is 18.3. The van der Waals surface area contributed by atoms with Crippen LogP contribution in [-0.2, 0) is 39.9 Å². The molecule has 9 nitrogen and oxygen atoms in total. The van der Waals surface area contributed by atoms with E-state index in [1.807, 2.05) is 30.3 Å². The van der Waals surface area contributed by atoms with Crippen molar-refractivity contribution in [1.82, 2.24) is 0 Å². The Labute approximate surface area is 191 Å². The molecule has 0 amide bonds. The first-order chi connectivity index (χ1) is 15.8. The number of carbonyl (C=O) groups excluding carboxylic acids is 3. The van der Waals surface area contributed by atoms with Crippen LogP contribution in [-0.4, -0.2) is 60.3 Å². The molecule has 0 unspecified atom stereocenters. The van der Waals surface area contributed by atoms with Crippen molar-refractivity contribution in [2.75, 3.05) is 6.61 Å². The number of hydrogen-bond acceptors (Lipinski definition) is 9. The molecule has 0 spiro atoms. The quantitative estimate of drug-likeness (QED) is 0.468. The number of aliphatic hydroxyl groups is 1. The summed E-state index contributed by atoms with van der Waals surface area (Å²) >= 11 is 0. The number of esters is 3. The minimum absolute atomic E-state index is 0.105. The van der Waals surface area contributed by atoms with Gasteiger partial charge in [0.1, 0.15) is 18.8 Å². The summed E-state index contributed by atoms with van der Waals surface area (Å²) in [6, 6.07) is 17.4. The van der Waals surface area contributed by atoms with E-state index in [1.54, 1.807) is 30.3 Å². The van der Waals surface area contributed by atoms with Crippen LogP contribution < -0.4 is 0 Å². The molecule has 0 saturated carbocycles. The lowest BCUT2D eigenvalue weighted by Crippen LogP contribution is -2.62. The second-order valence-electron chi connectivity index (χ2n) is 7.44. The number of benzene rings is 2. The minimum atomic E-state index is -1.64. The molecular weight excluding hydrogens is 432 g/mol. The summed E-state index contributed by atoms with van der Waals surface area (Å²) in [5.41, 5.74) is 1.09. The molecule has 9 heteroatoms. The van der Waals surface area contributed by atoms with Crippen LogP contribution in [0, 0.1) is 0 Å². The zero-order chi connectivity index (χ0) is 23.8. The third kappa shape index (κ3) is 6.85. The van der Waals surface area contributed by atoms with Crippen LogP contribution in [0.4, 0.5) is 0 Å². The van der Waals surface area contributed by atoms with E-state index in [1.165, 1.54) is 6.92 Å². The van der Waals surface area contributed by atoms with Gasteiger partial charge in [-0.15, -0.1) is 0 Å². The van der Waals surface area contributed by atoms with Gasteiger partial charge in [-0.05, 0) is 17.7 Å². The van der Waals surface area contributed by atoms with Crippen molar-refractivity contribution in [3.05, 3.63) is 71.8 Å². The van der Waals surface area contributed by atoms with Gasteiger partial charge in [-0.1, -0.05) is 48.5 Å². The van der Waals surface area contributed by atoms with E-state index in [0.717, 1.165) is 12.5 Å². The molecule has 1 heterocycles. The largest absolute Gasteiger partial charge is 0.463 e. The monoisotopic (exact) mass is 458 g/mol. The summed E-state index contributed by atoms with van der Waals surface area (Å²) in [5.74, 6) is -1.97. The van der Waals surface area contributed by atoms with Crippen LogP contribution in [0.1, 0.15) is 29.8 Å². The van der Waals surface area contributed by atoms with Crippen LogP contribution in [0.3, 0.4) is 0 Å². The molecule has 1 aliphatic heterocycles. The van der Waals surface area contributed by atoms with Gasteiger partial charge in [-0.25, -0.2) is 4.79 Å². The third-order valence-corrected chi connectivity index (χ3v) is 4.90. The smallest absolute Gasteiger partial charge is 0.338 e. The zero-order valence-corrected chi connectivity index (χ0v) is 18.3. The van der Waals surface area contributed by atoms with Crippen molar-refractivity contribution in [3.63, 3.8) is 0 Å². The normalized spacial score (nSPS) is 24.5. The topological polar surface area (TPSA) is 118 Å². The van der Waals surface area contributed by atoms with Crippen molar-refractivity contribution >= 4 is 17.9 Å². The first kappa shape index (κ1) is 24.4. The number of ether oxygens (including phenoxy) is 5. The van der Waals surface area contributed by atoms with Gasteiger partial charge in [0.2, 0.25) is 0 Å². The molecule has 176 valence electrons. The molecule has 0 radical (unpaired) electrons. The first-order valence-corrected chi connectivity index (χ1v) is 10.4. The molecule has 1 aliphatic rings. The maximum Gasteiger partial charge on any atom is 0.338 e. The van der Waals surface area contributed by atoms with Gasteiger partial charge in [0.15, 0.2) is 18.5 Å². The van der Waals surface area contributed by atoms with E-state index >= 15 is 0 Å². The van der Waals surface area contributed by atoms with Crippen molar-refractivity contribution in [2.24, 2.45) is 0 Å². The Kier molecular flexibility index (Phi) is 8.53. The Morgan fingerprint density at radius 3 is 2.09 bits per heavy atom. The Balaban J connectivity index is 1.90.